The van der Waals surface area contributed by atoms with Crippen molar-refractivity contribution in [2.24, 2.45) is 0 Å². The zero-order valence-corrected chi connectivity index (χ0v) is 14.0. The van der Waals surface area contributed by atoms with E-state index in [0.29, 0.717) is 0 Å². The fourth-order valence-corrected chi connectivity index (χ4v) is 2.84. The molecule has 8 heteroatoms. The Labute approximate surface area is 144 Å². The smallest absolute Gasteiger partial charge is 0.345 e. The molecule has 0 radical (unpaired) electrons. The van der Waals surface area contributed by atoms with Gasteiger partial charge >= 0.3 is 5.97 Å². The van der Waals surface area contributed by atoms with Gasteiger partial charge in [-0.1, -0.05) is 30.9 Å². The maximum Gasteiger partial charge on any atom is 0.345 e. The van der Waals surface area contributed by atoms with Crippen LogP contribution in [0.2, 0.25) is 5.02 Å². The maximum atomic E-state index is 12.1. The van der Waals surface area contributed by atoms with Crippen molar-refractivity contribution in [3.63, 3.8) is 0 Å². The molecule has 1 aliphatic rings. The minimum Gasteiger partial charge on any atom is -0.449 e. The molecule has 1 unspecified atom stereocenters. The van der Waals surface area contributed by atoms with E-state index in [0.717, 1.165) is 38.2 Å². The number of hydrogen-bond donors (Lipinski definition) is 1. The number of hydrogen-bond acceptors (Lipinski definition) is 5. The number of nitrogens with one attached hydrogen (secondary N) is 1. The number of amides is 1. The first-order valence-corrected chi connectivity index (χ1v) is 8.21. The van der Waals surface area contributed by atoms with Crippen LogP contribution in [-0.2, 0) is 9.53 Å². The molecule has 7 nitrogen and oxygen atoms in total. The second-order valence-corrected chi connectivity index (χ2v) is 6.25. The molecule has 0 spiro atoms. The van der Waals surface area contributed by atoms with Gasteiger partial charge in [0.1, 0.15) is 5.56 Å². The van der Waals surface area contributed by atoms with Crippen LogP contribution in [0.15, 0.2) is 18.2 Å². The standard InChI is InChI=1S/C16H19ClN2O5/c1-10(15(20)18-12-5-3-2-4-6-12)24-16(21)13-8-7-11(17)9-14(13)19(22)23/h7-10,12H,2-6H2,1H3,(H,18,20). The highest BCUT2D eigenvalue weighted by Crippen LogP contribution is 2.24. The summed E-state index contributed by atoms with van der Waals surface area (Å²) in [4.78, 5) is 34.6. The number of nitrogens with zero attached hydrogens (tertiary/aromatic N) is 1. The predicted molar refractivity (Wildman–Crippen MR) is 88.0 cm³/mol. The van der Waals surface area contributed by atoms with Crippen LogP contribution >= 0.6 is 11.6 Å². The van der Waals surface area contributed by atoms with Gasteiger partial charge in [-0.15, -0.1) is 0 Å². The van der Waals surface area contributed by atoms with Gasteiger partial charge < -0.3 is 10.1 Å². The highest BCUT2D eigenvalue weighted by molar-refractivity contribution is 6.31. The molecular weight excluding hydrogens is 336 g/mol. The molecule has 1 N–H and O–H groups in total. The van der Waals surface area contributed by atoms with Gasteiger partial charge in [0.2, 0.25) is 0 Å². The Kier molecular flexibility index (Phi) is 6.14. The van der Waals surface area contributed by atoms with E-state index in [2.05, 4.69) is 5.32 Å². The second kappa shape index (κ2) is 8.10. The van der Waals surface area contributed by atoms with Gasteiger partial charge in [-0.2, -0.15) is 0 Å². The van der Waals surface area contributed by atoms with E-state index in [4.69, 9.17) is 16.3 Å². The summed E-state index contributed by atoms with van der Waals surface area (Å²) in [5, 5.41) is 14.0. The number of nitro groups is 1. The predicted octanol–water partition coefficient (Wildman–Crippen LogP) is 3.24. The molecule has 0 aromatic heterocycles. The summed E-state index contributed by atoms with van der Waals surface area (Å²) in [6.45, 7) is 1.44. The summed E-state index contributed by atoms with van der Waals surface area (Å²) in [5.41, 5.74) is -0.686. The van der Waals surface area contributed by atoms with E-state index < -0.39 is 28.6 Å². The maximum absolute atomic E-state index is 12.1. The molecule has 130 valence electrons. The SMILES string of the molecule is CC(OC(=O)c1ccc(Cl)cc1[N+](=O)[O-])C(=O)NC1CCCCC1. The molecule has 1 aliphatic carbocycles. The summed E-state index contributed by atoms with van der Waals surface area (Å²) < 4.78 is 5.07. The van der Waals surface area contributed by atoms with E-state index in [1.165, 1.54) is 19.1 Å². The topological polar surface area (TPSA) is 98.5 Å². The number of halogens is 1. The molecule has 0 aliphatic heterocycles. The quantitative estimate of drug-likeness (QED) is 0.497. The normalized spacial score (nSPS) is 16.2. The largest absolute Gasteiger partial charge is 0.449 e. The molecule has 1 fully saturated rings. The monoisotopic (exact) mass is 354 g/mol. The number of ether oxygens (including phenoxy) is 1. The summed E-state index contributed by atoms with van der Waals surface area (Å²) in [7, 11) is 0. The fourth-order valence-electron chi connectivity index (χ4n) is 2.67. The molecule has 2 rings (SSSR count). The van der Waals surface area contributed by atoms with Crippen LogP contribution in [0.4, 0.5) is 5.69 Å². The van der Waals surface area contributed by atoms with Gasteiger partial charge in [-0.25, -0.2) is 4.79 Å². The van der Waals surface area contributed by atoms with Crippen LogP contribution in [-0.4, -0.2) is 28.9 Å². The van der Waals surface area contributed by atoms with Crippen LogP contribution in [0.5, 0.6) is 0 Å². The van der Waals surface area contributed by atoms with Gasteiger partial charge in [0.05, 0.1) is 4.92 Å². The Balaban J connectivity index is 2.00. The Morgan fingerprint density at radius 2 is 2.00 bits per heavy atom. The van der Waals surface area contributed by atoms with E-state index in [-0.39, 0.29) is 16.6 Å². The summed E-state index contributed by atoms with van der Waals surface area (Å²) in [6.07, 6.45) is 4.09. The number of rotatable bonds is 5. The molecular formula is C16H19ClN2O5. The Morgan fingerprint density at radius 3 is 2.62 bits per heavy atom. The highest BCUT2D eigenvalue weighted by atomic mass is 35.5. The molecule has 1 aromatic carbocycles. The number of nitro benzene ring substituents is 1. The van der Waals surface area contributed by atoms with E-state index in [1.54, 1.807) is 0 Å². The molecule has 0 saturated heterocycles. The van der Waals surface area contributed by atoms with Crippen molar-refractivity contribution in [3.8, 4) is 0 Å². The molecule has 1 amide bonds. The van der Waals surface area contributed by atoms with Crippen LogP contribution in [0.3, 0.4) is 0 Å². The highest BCUT2D eigenvalue weighted by Gasteiger charge is 2.27. The molecule has 1 atom stereocenters. The van der Waals surface area contributed by atoms with Gasteiger partial charge in [0, 0.05) is 17.1 Å². The number of benzene rings is 1. The molecule has 0 bridgehead atoms. The van der Waals surface area contributed by atoms with E-state index in [1.807, 2.05) is 0 Å². The summed E-state index contributed by atoms with van der Waals surface area (Å²) >= 11 is 5.71. The first-order chi connectivity index (χ1) is 11.4. The minimum atomic E-state index is -1.03. The van der Waals surface area contributed by atoms with Crippen molar-refractivity contribution in [2.75, 3.05) is 0 Å². The first-order valence-electron chi connectivity index (χ1n) is 7.84. The number of esters is 1. The van der Waals surface area contributed by atoms with E-state index in [9.17, 15) is 19.7 Å². The van der Waals surface area contributed by atoms with Crippen molar-refractivity contribution >= 4 is 29.2 Å². The fraction of sp³-hybridized carbons (Fsp3) is 0.500. The van der Waals surface area contributed by atoms with Crippen molar-refractivity contribution in [1.29, 1.82) is 0 Å². The molecule has 1 aromatic rings. The molecule has 0 heterocycles. The van der Waals surface area contributed by atoms with Crippen molar-refractivity contribution in [1.82, 2.24) is 5.32 Å². The zero-order chi connectivity index (χ0) is 17.7. The number of carbonyl (C=O) groups is 2. The Bertz CT molecular complexity index is 643. The summed E-state index contributed by atoms with van der Waals surface area (Å²) in [6, 6.07) is 3.74. The van der Waals surface area contributed by atoms with Crippen LogP contribution in [0, 0.1) is 10.1 Å². The van der Waals surface area contributed by atoms with Crippen molar-refractivity contribution < 1.29 is 19.2 Å². The lowest BCUT2D eigenvalue weighted by Crippen LogP contribution is -2.42. The van der Waals surface area contributed by atoms with Gasteiger partial charge in [0.25, 0.3) is 11.6 Å². The third kappa shape index (κ3) is 4.67. The average molecular weight is 355 g/mol. The molecule has 24 heavy (non-hydrogen) atoms. The van der Waals surface area contributed by atoms with E-state index >= 15 is 0 Å². The lowest BCUT2D eigenvalue weighted by Gasteiger charge is -2.24. The van der Waals surface area contributed by atoms with Gasteiger partial charge in [-0.05, 0) is 31.9 Å². The lowest BCUT2D eigenvalue weighted by molar-refractivity contribution is -0.385. The first kappa shape index (κ1) is 18.2. The Morgan fingerprint density at radius 1 is 1.33 bits per heavy atom. The molecule has 1 saturated carbocycles. The second-order valence-electron chi connectivity index (χ2n) is 5.81. The van der Waals surface area contributed by atoms with Gasteiger partial charge in [0.15, 0.2) is 6.10 Å². The van der Waals surface area contributed by atoms with Crippen molar-refractivity contribution in [2.45, 2.75) is 51.2 Å². The third-order valence-electron chi connectivity index (χ3n) is 3.98. The average Bonchev–Trinajstić information content (AvgIpc) is 2.55. The minimum absolute atomic E-state index is 0.0947. The summed E-state index contributed by atoms with van der Waals surface area (Å²) in [5.74, 6) is -1.32. The van der Waals surface area contributed by atoms with Gasteiger partial charge in [-0.3, -0.25) is 14.9 Å². The van der Waals surface area contributed by atoms with Crippen LogP contribution in [0.1, 0.15) is 49.4 Å². The van der Waals surface area contributed by atoms with Crippen LogP contribution in [0.25, 0.3) is 0 Å². The lowest BCUT2D eigenvalue weighted by atomic mass is 9.95. The third-order valence-corrected chi connectivity index (χ3v) is 4.22. The Hall–Kier alpha value is -2.15. The van der Waals surface area contributed by atoms with Crippen molar-refractivity contribution in [3.05, 3.63) is 38.9 Å². The van der Waals surface area contributed by atoms with Crippen LogP contribution < -0.4 is 5.32 Å². The zero-order valence-electron chi connectivity index (χ0n) is 13.3. The number of carbonyl (C=O) groups excluding carboxylic acids is 2.